The molecule has 0 bridgehead atoms. The molecule has 0 aliphatic carbocycles. The average Bonchev–Trinajstić information content (AvgIpc) is 2.67. The predicted octanol–water partition coefficient (Wildman–Crippen LogP) is 2.59. The molecular weight excluding hydrogens is 376 g/mol. The van der Waals surface area contributed by atoms with Crippen LogP contribution in [0.5, 0.6) is 17.2 Å². The van der Waals surface area contributed by atoms with Crippen molar-refractivity contribution in [2.24, 2.45) is 0 Å². The minimum atomic E-state index is -4.02. The molecular formula is C17H18N2O7S. The van der Waals surface area contributed by atoms with Gasteiger partial charge in [-0.25, -0.2) is 8.42 Å². The minimum Gasteiger partial charge on any atom is -0.495 e. The van der Waals surface area contributed by atoms with Crippen LogP contribution in [0.2, 0.25) is 0 Å². The summed E-state index contributed by atoms with van der Waals surface area (Å²) in [5.41, 5.74) is -0.147. The predicted molar refractivity (Wildman–Crippen MR) is 97.3 cm³/mol. The van der Waals surface area contributed by atoms with Crippen LogP contribution in [0.25, 0.3) is 0 Å². The number of nitro benzene ring substituents is 1. The van der Waals surface area contributed by atoms with E-state index in [2.05, 4.69) is 0 Å². The monoisotopic (exact) mass is 394 g/mol. The van der Waals surface area contributed by atoms with E-state index in [1.54, 1.807) is 6.92 Å². The first kappa shape index (κ1) is 18.8. The van der Waals surface area contributed by atoms with Gasteiger partial charge in [-0.2, -0.15) is 0 Å². The number of benzene rings is 2. The molecule has 0 aromatic heterocycles. The van der Waals surface area contributed by atoms with E-state index >= 15 is 0 Å². The van der Waals surface area contributed by atoms with Gasteiger partial charge in [-0.3, -0.25) is 14.4 Å². The van der Waals surface area contributed by atoms with Crippen LogP contribution in [0.15, 0.2) is 41.3 Å². The second-order valence-electron chi connectivity index (χ2n) is 5.59. The lowest BCUT2D eigenvalue weighted by Gasteiger charge is -2.25. The first-order valence-electron chi connectivity index (χ1n) is 8.13. The number of non-ortho nitro benzene ring substituents is 1. The van der Waals surface area contributed by atoms with Crippen LogP contribution < -0.4 is 18.5 Å². The Morgan fingerprint density at radius 1 is 1.15 bits per heavy atom. The van der Waals surface area contributed by atoms with E-state index in [0.717, 1.165) is 4.31 Å². The van der Waals surface area contributed by atoms with Crippen molar-refractivity contribution in [3.05, 3.63) is 46.5 Å². The summed E-state index contributed by atoms with van der Waals surface area (Å²) in [7, 11) is -2.65. The van der Waals surface area contributed by atoms with Gasteiger partial charge in [0.1, 0.15) is 24.7 Å². The van der Waals surface area contributed by atoms with Gasteiger partial charge in [0.2, 0.25) is 0 Å². The average molecular weight is 394 g/mol. The molecule has 0 saturated carbocycles. The topological polar surface area (TPSA) is 108 Å². The molecule has 0 radical (unpaired) electrons. The molecule has 0 unspecified atom stereocenters. The Balaban J connectivity index is 2.09. The summed E-state index contributed by atoms with van der Waals surface area (Å²) in [5.74, 6) is 1.02. The maximum absolute atomic E-state index is 13.2. The standard InChI is InChI=1S/C17H18N2O7S/c1-3-18(14-10-12(19(20)21)4-6-15(14)24-2)27(22,23)13-5-7-16-17(11-13)26-9-8-25-16/h4-7,10-11H,3,8-9H2,1-2H3. The quantitative estimate of drug-likeness (QED) is 0.547. The maximum atomic E-state index is 13.2. The molecule has 0 N–H and O–H groups in total. The highest BCUT2D eigenvalue weighted by Crippen LogP contribution is 2.38. The largest absolute Gasteiger partial charge is 0.495 e. The molecule has 9 nitrogen and oxygen atoms in total. The summed E-state index contributed by atoms with van der Waals surface area (Å²) in [4.78, 5) is 10.5. The molecule has 0 amide bonds. The van der Waals surface area contributed by atoms with E-state index in [0.29, 0.717) is 24.7 Å². The van der Waals surface area contributed by atoms with Gasteiger partial charge in [-0.15, -0.1) is 0 Å². The molecule has 27 heavy (non-hydrogen) atoms. The Kier molecular flexibility index (Phi) is 5.08. The number of nitro groups is 1. The van der Waals surface area contributed by atoms with Gasteiger partial charge in [-0.1, -0.05) is 0 Å². The summed E-state index contributed by atoms with van der Waals surface area (Å²) in [6.07, 6.45) is 0. The molecule has 144 valence electrons. The van der Waals surface area contributed by atoms with Crippen molar-refractivity contribution in [2.45, 2.75) is 11.8 Å². The van der Waals surface area contributed by atoms with Gasteiger partial charge in [0, 0.05) is 24.7 Å². The van der Waals surface area contributed by atoms with Crippen molar-refractivity contribution >= 4 is 21.4 Å². The molecule has 0 spiro atoms. The lowest BCUT2D eigenvalue weighted by Crippen LogP contribution is -2.31. The fourth-order valence-electron chi connectivity index (χ4n) is 2.77. The number of rotatable bonds is 6. The maximum Gasteiger partial charge on any atom is 0.271 e. The lowest BCUT2D eigenvalue weighted by atomic mass is 10.2. The third-order valence-electron chi connectivity index (χ3n) is 4.03. The van der Waals surface area contributed by atoms with Crippen LogP contribution >= 0.6 is 0 Å². The third kappa shape index (κ3) is 3.47. The lowest BCUT2D eigenvalue weighted by molar-refractivity contribution is -0.384. The number of fused-ring (bicyclic) bond motifs is 1. The molecule has 0 saturated heterocycles. The van der Waals surface area contributed by atoms with E-state index < -0.39 is 14.9 Å². The normalized spacial score (nSPS) is 13.1. The molecule has 3 rings (SSSR count). The Hall–Kier alpha value is -3.01. The highest BCUT2D eigenvalue weighted by molar-refractivity contribution is 7.92. The van der Waals surface area contributed by atoms with E-state index in [-0.39, 0.29) is 28.6 Å². The van der Waals surface area contributed by atoms with Gasteiger partial charge in [0.15, 0.2) is 11.5 Å². The molecule has 0 fully saturated rings. The summed E-state index contributed by atoms with van der Waals surface area (Å²) < 4.78 is 43.5. The van der Waals surface area contributed by atoms with E-state index in [1.807, 2.05) is 0 Å². The van der Waals surface area contributed by atoms with Crippen molar-refractivity contribution in [2.75, 3.05) is 31.2 Å². The molecule has 2 aromatic carbocycles. The van der Waals surface area contributed by atoms with Crippen LogP contribution in [-0.2, 0) is 10.0 Å². The number of anilines is 1. The zero-order valence-electron chi connectivity index (χ0n) is 14.7. The first-order valence-corrected chi connectivity index (χ1v) is 9.57. The van der Waals surface area contributed by atoms with Crippen molar-refractivity contribution in [1.82, 2.24) is 0 Å². The molecule has 1 aliphatic rings. The first-order chi connectivity index (χ1) is 12.9. The number of ether oxygens (including phenoxy) is 3. The molecule has 10 heteroatoms. The fraction of sp³-hybridized carbons (Fsp3) is 0.294. The van der Waals surface area contributed by atoms with E-state index in [9.17, 15) is 18.5 Å². The van der Waals surface area contributed by atoms with Crippen molar-refractivity contribution < 1.29 is 27.6 Å². The Labute approximate surface area is 156 Å². The summed E-state index contributed by atoms with van der Waals surface area (Å²) >= 11 is 0. The molecule has 1 heterocycles. The SMILES string of the molecule is CCN(c1cc([N+](=O)[O-])ccc1OC)S(=O)(=O)c1ccc2c(c1)OCCO2. The molecule has 1 aliphatic heterocycles. The van der Waals surface area contributed by atoms with Crippen LogP contribution in [-0.4, -0.2) is 40.2 Å². The van der Waals surface area contributed by atoms with Gasteiger partial charge < -0.3 is 14.2 Å². The van der Waals surface area contributed by atoms with Crippen molar-refractivity contribution in [3.63, 3.8) is 0 Å². The van der Waals surface area contributed by atoms with E-state index in [4.69, 9.17) is 14.2 Å². The Morgan fingerprint density at radius 2 is 1.85 bits per heavy atom. The van der Waals surface area contributed by atoms with Crippen LogP contribution in [0.4, 0.5) is 11.4 Å². The van der Waals surface area contributed by atoms with Crippen molar-refractivity contribution in [1.29, 1.82) is 0 Å². The fourth-order valence-corrected chi connectivity index (χ4v) is 4.26. The van der Waals surface area contributed by atoms with Gasteiger partial charge >= 0.3 is 0 Å². The summed E-state index contributed by atoms with van der Waals surface area (Å²) in [6, 6.07) is 8.13. The minimum absolute atomic E-state index is 0.0119. The van der Waals surface area contributed by atoms with Gasteiger partial charge in [0.05, 0.1) is 16.9 Å². The highest BCUT2D eigenvalue weighted by atomic mass is 32.2. The van der Waals surface area contributed by atoms with Gasteiger partial charge in [-0.05, 0) is 25.1 Å². The van der Waals surface area contributed by atoms with Crippen molar-refractivity contribution in [3.8, 4) is 17.2 Å². The number of hydrogen-bond acceptors (Lipinski definition) is 7. The van der Waals surface area contributed by atoms with E-state index in [1.165, 1.54) is 43.5 Å². The number of sulfonamides is 1. The number of hydrogen-bond donors (Lipinski definition) is 0. The number of methoxy groups -OCH3 is 1. The van der Waals surface area contributed by atoms with Crippen LogP contribution in [0.3, 0.4) is 0 Å². The molecule has 0 atom stereocenters. The second-order valence-corrected chi connectivity index (χ2v) is 7.45. The summed E-state index contributed by atoms with van der Waals surface area (Å²) in [5, 5.41) is 11.1. The Morgan fingerprint density at radius 3 is 2.48 bits per heavy atom. The highest BCUT2D eigenvalue weighted by Gasteiger charge is 2.29. The zero-order chi connectivity index (χ0) is 19.6. The summed E-state index contributed by atoms with van der Waals surface area (Å²) in [6.45, 7) is 2.40. The van der Waals surface area contributed by atoms with Gasteiger partial charge in [0.25, 0.3) is 15.7 Å². The Bertz CT molecular complexity index is 975. The van der Waals surface area contributed by atoms with Crippen LogP contribution in [0.1, 0.15) is 6.92 Å². The second kappa shape index (κ2) is 7.31. The smallest absolute Gasteiger partial charge is 0.271 e. The zero-order valence-corrected chi connectivity index (χ0v) is 15.6. The third-order valence-corrected chi connectivity index (χ3v) is 5.92. The molecule has 2 aromatic rings. The number of nitrogens with zero attached hydrogens (tertiary/aromatic N) is 2. The van der Waals surface area contributed by atoms with Crippen LogP contribution in [0, 0.1) is 10.1 Å².